The van der Waals surface area contributed by atoms with E-state index < -0.39 is 0 Å². The van der Waals surface area contributed by atoms with Crippen molar-refractivity contribution >= 4 is 5.91 Å². The summed E-state index contributed by atoms with van der Waals surface area (Å²) in [5.74, 6) is -0.178. The van der Waals surface area contributed by atoms with Gasteiger partial charge >= 0.3 is 0 Å². The smallest absolute Gasteiger partial charge is 0.225 e. The van der Waals surface area contributed by atoms with Crippen LogP contribution in [0.5, 0.6) is 0 Å². The number of carbonyl (C=O) groups is 1. The van der Waals surface area contributed by atoms with Gasteiger partial charge in [-0.1, -0.05) is 18.2 Å². The van der Waals surface area contributed by atoms with Gasteiger partial charge < -0.3 is 10.6 Å². The molecule has 1 aromatic carbocycles. The lowest BCUT2D eigenvalue weighted by molar-refractivity contribution is -0.134. The molecule has 0 spiro atoms. The molecule has 2 rings (SSSR count). The summed E-state index contributed by atoms with van der Waals surface area (Å²) >= 11 is 0. The fraction of sp³-hybridized carbons (Fsp3) is 0.500. The number of halogens is 1. The summed E-state index contributed by atoms with van der Waals surface area (Å²) in [6, 6.07) is 6.69. The van der Waals surface area contributed by atoms with E-state index in [0.29, 0.717) is 12.1 Å². The highest BCUT2D eigenvalue weighted by atomic mass is 19.1. The molecular weight excluding hydrogens is 231 g/mol. The number of rotatable bonds is 3. The van der Waals surface area contributed by atoms with E-state index in [-0.39, 0.29) is 23.7 Å². The quantitative estimate of drug-likeness (QED) is 0.890. The average Bonchev–Trinajstić information content (AvgIpc) is 2.78. The lowest BCUT2D eigenvalue weighted by Crippen LogP contribution is -2.32. The van der Waals surface area contributed by atoms with Crippen LogP contribution in [0, 0.1) is 11.7 Å². The van der Waals surface area contributed by atoms with Crippen molar-refractivity contribution in [3.63, 3.8) is 0 Å². The number of hydrogen-bond acceptors (Lipinski definition) is 2. The van der Waals surface area contributed by atoms with Crippen molar-refractivity contribution in [1.29, 1.82) is 0 Å². The van der Waals surface area contributed by atoms with Gasteiger partial charge in [-0.25, -0.2) is 4.39 Å². The first-order chi connectivity index (χ1) is 8.58. The average molecular weight is 250 g/mol. The van der Waals surface area contributed by atoms with Crippen LogP contribution in [0.1, 0.15) is 24.8 Å². The molecule has 2 N–H and O–H groups in total. The van der Waals surface area contributed by atoms with Gasteiger partial charge in [-0.2, -0.15) is 0 Å². The zero-order valence-corrected chi connectivity index (χ0v) is 10.6. The van der Waals surface area contributed by atoms with Crippen LogP contribution in [0.2, 0.25) is 0 Å². The van der Waals surface area contributed by atoms with Gasteiger partial charge in [0.2, 0.25) is 5.91 Å². The van der Waals surface area contributed by atoms with E-state index in [1.165, 1.54) is 6.07 Å². The summed E-state index contributed by atoms with van der Waals surface area (Å²) < 4.78 is 13.5. The molecule has 1 amide bonds. The molecule has 18 heavy (non-hydrogen) atoms. The largest absolute Gasteiger partial charge is 0.341 e. The number of amides is 1. The minimum Gasteiger partial charge on any atom is -0.341 e. The van der Waals surface area contributed by atoms with Gasteiger partial charge in [-0.15, -0.1) is 0 Å². The molecule has 1 saturated carbocycles. The molecule has 3 nitrogen and oxygen atoms in total. The van der Waals surface area contributed by atoms with E-state index >= 15 is 0 Å². The second-order valence-electron chi connectivity index (χ2n) is 5.06. The van der Waals surface area contributed by atoms with Gasteiger partial charge in [0.15, 0.2) is 0 Å². The van der Waals surface area contributed by atoms with Crippen LogP contribution in [-0.2, 0) is 11.3 Å². The van der Waals surface area contributed by atoms with E-state index in [0.717, 1.165) is 19.3 Å². The van der Waals surface area contributed by atoms with Crippen LogP contribution >= 0.6 is 0 Å². The molecule has 0 heterocycles. The first-order valence-electron chi connectivity index (χ1n) is 6.32. The molecule has 0 radical (unpaired) electrons. The summed E-state index contributed by atoms with van der Waals surface area (Å²) in [5.41, 5.74) is 6.36. The fourth-order valence-electron chi connectivity index (χ4n) is 2.51. The molecule has 2 unspecified atom stereocenters. The van der Waals surface area contributed by atoms with Gasteiger partial charge in [0.05, 0.1) is 0 Å². The maximum absolute atomic E-state index is 13.5. The molecule has 98 valence electrons. The number of benzene rings is 1. The van der Waals surface area contributed by atoms with E-state index in [2.05, 4.69) is 0 Å². The lowest BCUT2D eigenvalue weighted by Gasteiger charge is -2.21. The first-order valence-corrected chi connectivity index (χ1v) is 6.32. The minimum absolute atomic E-state index is 0.0109. The molecule has 0 aliphatic heterocycles. The molecule has 2 atom stereocenters. The lowest BCUT2D eigenvalue weighted by atomic mass is 10.1. The standard InChI is InChI=1S/C14H19FN2O/c1-17(9-11-4-2-3-5-13(11)15)14(18)10-6-7-12(16)8-10/h2-5,10,12H,6-9,16H2,1H3. The van der Waals surface area contributed by atoms with Crippen LogP contribution in [0.3, 0.4) is 0 Å². The van der Waals surface area contributed by atoms with Crippen molar-refractivity contribution in [2.24, 2.45) is 11.7 Å². The third-order valence-electron chi connectivity index (χ3n) is 3.56. The van der Waals surface area contributed by atoms with Crippen LogP contribution in [-0.4, -0.2) is 23.9 Å². The van der Waals surface area contributed by atoms with E-state index in [1.54, 1.807) is 30.1 Å². The summed E-state index contributed by atoms with van der Waals surface area (Å²) in [4.78, 5) is 13.8. The molecule has 1 aromatic rings. The Kier molecular flexibility index (Phi) is 3.97. The normalized spacial score (nSPS) is 23.1. The topological polar surface area (TPSA) is 46.3 Å². The SMILES string of the molecule is CN(Cc1ccccc1F)C(=O)C1CCC(N)C1. The van der Waals surface area contributed by atoms with Crippen molar-refractivity contribution in [2.75, 3.05) is 7.05 Å². The third kappa shape index (κ3) is 2.88. The number of hydrogen-bond donors (Lipinski definition) is 1. The zero-order valence-electron chi connectivity index (χ0n) is 10.6. The molecule has 1 aliphatic rings. The van der Waals surface area contributed by atoms with Crippen LogP contribution < -0.4 is 5.73 Å². The molecule has 0 saturated heterocycles. The minimum atomic E-state index is -0.264. The Labute approximate surface area is 107 Å². The second kappa shape index (κ2) is 5.48. The Morgan fingerprint density at radius 3 is 2.78 bits per heavy atom. The van der Waals surface area contributed by atoms with Crippen LogP contribution in [0.25, 0.3) is 0 Å². The number of nitrogens with two attached hydrogens (primary N) is 1. The Balaban J connectivity index is 1.98. The van der Waals surface area contributed by atoms with Crippen LogP contribution in [0.4, 0.5) is 4.39 Å². The summed E-state index contributed by atoms with van der Waals surface area (Å²) in [7, 11) is 1.72. The summed E-state index contributed by atoms with van der Waals surface area (Å²) in [6.45, 7) is 0.317. The molecule has 1 aliphatic carbocycles. The highest BCUT2D eigenvalue weighted by molar-refractivity contribution is 5.79. The van der Waals surface area contributed by atoms with Gasteiger partial charge in [0.25, 0.3) is 0 Å². The predicted molar refractivity (Wildman–Crippen MR) is 68.2 cm³/mol. The van der Waals surface area contributed by atoms with E-state index in [9.17, 15) is 9.18 Å². The van der Waals surface area contributed by atoms with Gasteiger partial charge in [-0.05, 0) is 25.3 Å². The summed E-state index contributed by atoms with van der Waals surface area (Å²) in [6.07, 6.45) is 2.51. The monoisotopic (exact) mass is 250 g/mol. The van der Waals surface area contributed by atoms with Crippen LogP contribution in [0.15, 0.2) is 24.3 Å². The number of carbonyl (C=O) groups excluding carboxylic acids is 1. The van der Waals surface area contributed by atoms with Crippen molar-refractivity contribution in [2.45, 2.75) is 31.8 Å². The van der Waals surface area contributed by atoms with E-state index in [4.69, 9.17) is 5.73 Å². The van der Waals surface area contributed by atoms with Gasteiger partial charge in [-0.3, -0.25) is 4.79 Å². The number of nitrogens with zero attached hydrogens (tertiary/aromatic N) is 1. The van der Waals surface area contributed by atoms with Crippen molar-refractivity contribution in [3.05, 3.63) is 35.6 Å². The second-order valence-corrected chi connectivity index (χ2v) is 5.06. The Bertz CT molecular complexity index is 436. The fourth-order valence-corrected chi connectivity index (χ4v) is 2.51. The first kappa shape index (κ1) is 13.0. The highest BCUT2D eigenvalue weighted by Gasteiger charge is 2.29. The van der Waals surface area contributed by atoms with E-state index in [1.807, 2.05) is 0 Å². The maximum Gasteiger partial charge on any atom is 0.225 e. The Morgan fingerprint density at radius 1 is 1.44 bits per heavy atom. The molecule has 1 fully saturated rings. The van der Waals surface area contributed by atoms with Gasteiger partial charge in [0.1, 0.15) is 5.82 Å². The third-order valence-corrected chi connectivity index (χ3v) is 3.56. The molecule has 0 aromatic heterocycles. The summed E-state index contributed by atoms with van der Waals surface area (Å²) in [5, 5.41) is 0. The zero-order chi connectivity index (χ0) is 13.1. The molecular formula is C14H19FN2O. The highest BCUT2D eigenvalue weighted by Crippen LogP contribution is 2.26. The van der Waals surface area contributed by atoms with Gasteiger partial charge in [0, 0.05) is 31.1 Å². The molecule has 0 bridgehead atoms. The Morgan fingerprint density at radius 2 is 2.17 bits per heavy atom. The van der Waals surface area contributed by atoms with Crippen molar-refractivity contribution in [1.82, 2.24) is 4.90 Å². The predicted octanol–water partition coefficient (Wildman–Crippen LogP) is 1.91. The Hall–Kier alpha value is -1.42. The van der Waals surface area contributed by atoms with Crippen molar-refractivity contribution in [3.8, 4) is 0 Å². The molecule has 4 heteroatoms. The van der Waals surface area contributed by atoms with Crippen molar-refractivity contribution < 1.29 is 9.18 Å². The maximum atomic E-state index is 13.5.